The fourth-order valence-corrected chi connectivity index (χ4v) is 2.47. The molecule has 0 unspecified atom stereocenters. The van der Waals surface area contributed by atoms with Gasteiger partial charge in [0.25, 0.3) is 5.69 Å². The lowest BCUT2D eigenvalue weighted by atomic mass is 10.00. The first-order valence-corrected chi connectivity index (χ1v) is 7.18. The molecule has 2 aromatic carbocycles. The molecule has 1 aliphatic rings. The zero-order valence-electron chi connectivity index (χ0n) is 13.2. The molecule has 2 aromatic rings. The third-order valence-electron chi connectivity index (χ3n) is 3.70. The molecular formula is C16H12N2O7. The molecule has 25 heavy (non-hydrogen) atoms. The quantitative estimate of drug-likeness (QED) is 0.612. The molecule has 9 nitrogen and oxygen atoms in total. The van der Waals surface area contributed by atoms with Gasteiger partial charge in [0, 0.05) is 6.07 Å². The summed E-state index contributed by atoms with van der Waals surface area (Å²) in [6, 6.07) is 7.68. The molecule has 0 atom stereocenters. The summed E-state index contributed by atoms with van der Waals surface area (Å²) in [7, 11) is 0. The van der Waals surface area contributed by atoms with Crippen LogP contribution in [0.15, 0.2) is 36.4 Å². The van der Waals surface area contributed by atoms with Crippen molar-refractivity contribution in [3.05, 3.63) is 62.2 Å². The van der Waals surface area contributed by atoms with Crippen LogP contribution >= 0.6 is 0 Å². The van der Waals surface area contributed by atoms with Gasteiger partial charge in [0.05, 0.1) is 21.5 Å². The van der Waals surface area contributed by atoms with Crippen molar-refractivity contribution >= 4 is 17.2 Å². The van der Waals surface area contributed by atoms with Crippen LogP contribution in [0.1, 0.15) is 24.2 Å². The van der Waals surface area contributed by atoms with E-state index in [-0.39, 0.29) is 23.0 Å². The first kappa shape index (κ1) is 16.4. The van der Waals surface area contributed by atoms with Gasteiger partial charge < -0.3 is 9.47 Å². The Hall–Kier alpha value is -3.49. The summed E-state index contributed by atoms with van der Waals surface area (Å²) in [5.74, 6) is -0.116. The number of rotatable bonds is 4. The van der Waals surface area contributed by atoms with Crippen LogP contribution in [0.25, 0.3) is 0 Å². The normalized spacial score (nSPS) is 14.6. The molecule has 0 aromatic heterocycles. The Kier molecular flexibility index (Phi) is 3.63. The molecule has 0 saturated carbocycles. The summed E-state index contributed by atoms with van der Waals surface area (Å²) in [5.41, 5.74) is -1.74. The number of carbonyl (C=O) groups excluding carboxylic acids is 1. The lowest BCUT2D eigenvalue weighted by molar-refractivity contribution is -0.394. The van der Waals surface area contributed by atoms with E-state index in [0.717, 1.165) is 18.2 Å². The molecule has 0 spiro atoms. The topological polar surface area (TPSA) is 122 Å². The number of fused-ring (bicyclic) bond motifs is 1. The number of hydrogen-bond donors (Lipinski definition) is 0. The molecule has 3 rings (SSSR count). The maximum Gasteiger partial charge on any atom is 0.318 e. The molecular weight excluding hydrogens is 332 g/mol. The van der Waals surface area contributed by atoms with E-state index < -0.39 is 26.8 Å². The Morgan fingerprint density at radius 2 is 1.76 bits per heavy atom. The van der Waals surface area contributed by atoms with E-state index in [9.17, 15) is 25.0 Å². The van der Waals surface area contributed by atoms with Gasteiger partial charge in [0.2, 0.25) is 11.5 Å². The molecule has 9 heteroatoms. The second-order valence-corrected chi connectivity index (χ2v) is 5.84. The van der Waals surface area contributed by atoms with Crippen molar-refractivity contribution in [2.24, 2.45) is 0 Å². The number of carbonyl (C=O) groups is 1. The van der Waals surface area contributed by atoms with Crippen molar-refractivity contribution in [3.8, 4) is 17.2 Å². The minimum atomic E-state index is -1.07. The van der Waals surface area contributed by atoms with Crippen LogP contribution in [-0.4, -0.2) is 21.2 Å². The zero-order chi connectivity index (χ0) is 18.4. The highest BCUT2D eigenvalue weighted by Crippen LogP contribution is 2.45. The van der Waals surface area contributed by atoms with Crippen LogP contribution in [-0.2, 0) is 0 Å². The van der Waals surface area contributed by atoms with Gasteiger partial charge in [0.1, 0.15) is 0 Å². The fraction of sp³-hybridized carbons (Fsp3) is 0.188. The largest absolute Gasteiger partial charge is 0.475 e. The molecule has 0 amide bonds. The number of nitro benzene ring substituents is 2. The van der Waals surface area contributed by atoms with E-state index in [1.54, 1.807) is 26.0 Å². The van der Waals surface area contributed by atoms with Gasteiger partial charge in [-0.25, -0.2) is 0 Å². The predicted molar refractivity (Wildman–Crippen MR) is 85.3 cm³/mol. The minimum Gasteiger partial charge on any atom is -0.475 e. The van der Waals surface area contributed by atoms with Crippen LogP contribution in [0.3, 0.4) is 0 Å². The second kappa shape index (κ2) is 5.55. The van der Waals surface area contributed by atoms with Crippen molar-refractivity contribution in [1.29, 1.82) is 0 Å². The number of nitro groups is 2. The lowest BCUT2D eigenvalue weighted by Crippen LogP contribution is -2.31. The standard InChI is InChI=1S/C16H12N2O7/c1-16(2)15(19)10-4-3-5-13(14(10)25-16)24-12-7-6-9(17(20)21)8-11(12)18(22)23/h3-8H,1-2H3. The highest BCUT2D eigenvalue weighted by atomic mass is 16.6. The molecule has 1 heterocycles. The van der Waals surface area contributed by atoms with Crippen molar-refractivity contribution in [1.82, 2.24) is 0 Å². The summed E-state index contributed by atoms with van der Waals surface area (Å²) in [6.45, 7) is 3.21. The summed E-state index contributed by atoms with van der Waals surface area (Å²) < 4.78 is 11.2. The van der Waals surface area contributed by atoms with Crippen molar-refractivity contribution in [3.63, 3.8) is 0 Å². The minimum absolute atomic E-state index is 0.119. The number of ketones is 1. The number of benzene rings is 2. The maximum absolute atomic E-state index is 12.3. The Bertz CT molecular complexity index is 921. The van der Waals surface area contributed by atoms with E-state index in [0.29, 0.717) is 5.56 Å². The van der Waals surface area contributed by atoms with E-state index >= 15 is 0 Å². The maximum atomic E-state index is 12.3. The number of nitrogens with zero attached hydrogens (tertiary/aromatic N) is 2. The third kappa shape index (κ3) is 2.75. The molecule has 0 fully saturated rings. The van der Waals surface area contributed by atoms with Crippen LogP contribution in [0, 0.1) is 20.2 Å². The summed E-state index contributed by atoms with van der Waals surface area (Å²) in [5, 5.41) is 22.0. The van der Waals surface area contributed by atoms with Crippen LogP contribution in [0.4, 0.5) is 11.4 Å². The van der Waals surface area contributed by atoms with Gasteiger partial charge in [-0.15, -0.1) is 0 Å². The van der Waals surface area contributed by atoms with Gasteiger partial charge in [-0.1, -0.05) is 6.07 Å². The molecule has 0 saturated heterocycles. The predicted octanol–water partition coefficient (Wildman–Crippen LogP) is 3.65. The zero-order valence-corrected chi connectivity index (χ0v) is 13.2. The van der Waals surface area contributed by atoms with Crippen LogP contribution in [0.2, 0.25) is 0 Å². The Balaban J connectivity index is 2.04. The average Bonchev–Trinajstić information content (AvgIpc) is 2.78. The van der Waals surface area contributed by atoms with Gasteiger partial charge in [-0.3, -0.25) is 25.0 Å². The van der Waals surface area contributed by atoms with E-state index in [2.05, 4.69) is 0 Å². The van der Waals surface area contributed by atoms with E-state index in [1.165, 1.54) is 6.07 Å². The fourth-order valence-electron chi connectivity index (χ4n) is 2.47. The van der Waals surface area contributed by atoms with Crippen LogP contribution in [0.5, 0.6) is 17.2 Å². The number of non-ortho nitro benzene ring substituents is 1. The number of para-hydroxylation sites is 1. The van der Waals surface area contributed by atoms with Crippen molar-refractivity contribution < 1.29 is 24.1 Å². The monoisotopic (exact) mass is 344 g/mol. The Morgan fingerprint density at radius 1 is 1.04 bits per heavy atom. The molecule has 0 aliphatic carbocycles. The van der Waals surface area contributed by atoms with Gasteiger partial charge in [-0.2, -0.15) is 0 Å². The Labute approximate surface area is 141 Å². The van der Waals surface area contributed by atoms with E-state index in [4.69, 9.17) is 9.47 Å². The van der Waals surface area contributed by atoms with Gasteiger partial charge >= 0.3 is 5.69 Å². The highest BCUT2D eigenvalue weighted by molar-refractivity contribution is 6.07. The smallest absolute Gasteiger partial charge is 0.318 e. The van der Waals surface area contributed by atoms with E-state index in [1.807, 2.05) is 0 Å². The Morgan fingerprint density at radius 3 is 2.40 bits per heavy atom. The lowest BCUT2D eigenvalue weighted by Gasteiger charge is -2.16. The summed E-state index contributed by atoms with van der Waals surface area (Å²) in [4.78, 5) is 32.7. The summed E-state index contributed by atoms with van der Waals surface area (Å²) in [6.07, 6.45) is 0. The van der Waals surface area contributed by atoms with Crippen molar-refractivity contribution in [2.45, 2.75) is 19.4 Å². The highest BCUT2D eigenvalue weighted by Gasteiger charge is 2.41. The molecule has 1 aliphatic heterocycles. The SMILES string of the molecule is CC1(C)Oc2c(Oc3ccc([N+](=O)[O-])cc3[N+](=O)[O-])cccc2C1=O. The molecule has 128 valence electrons. The number of hydrogen-bond acceptors (Lipinski definition) is 7. The van der Waals surface area contributed by atoms with Crippen molar-refractivity contribution in [2.75, 3.05) is 0 Å². The summed E-state index contributed by atoms with van der Waals surface area (Å²) >= 11 is 0. The molecule has 0 N–H and O–H groups in total. The molecule has 0 bridgehead atoms. The third-order valence-corrected chi connectivity index (χ3v) is 3.70. The van der Waals surface area contributed by atoms with Gasteiger partial charge in [0.15, 0.2) is 17.1 Å². The first-order chi connectivity index (χ1) is 11.7. The van der Waals surface area contributed by atoms with Gasteiger partial charge in [-0.05, 0) is 32.0 Å². The number of Topliss-reactive ketones (excluding diaryl/α,β-unsaturated/α-hetero) is 1. The number of ether oxygens (including phenoxy) is 2. The van der Waals surface area contributed by atoms with Crippen LogP contribution < -0.4 is 9.47 Å². The first-order valence-electron chi connectivity index (χ1n) is 7.18. The second-order valence-electron chi connectivity index (χ2n) is 5.84. The molecule has 0 radical (unpaired) electrons. The average molecular weight is 344 g/mol.